The number of rotatable bonds is 6. The molecule has 1 heterocycles. The second-order valence-electron chi connectivity index (χ2n) is 5.41. The van der Waals surface area contributed by atoms with Crippen LogP contribution in [-0.2, 0) is 7.05 Å². The molecule has 18 heavy (non-hydrogen) atoms. The summed E-state index contributed by atoms with van der Waals surface area (Å²) in [6, 6.07) is 0. The predicted octanol–water partition coefficient (Wildman–Crippen LogP) is 2.66. The Balaban J connectivity index is 2.53. The Morgan fingerprint density at radius 2 is 2.22 bits per heavy atom. The van der Waals surface area contributed by atoms with Crippen LogP contribution in [0.25, 0.3) is 0 Å². The van der Waals surface area contributed by atoms with Gasteiger partial charge in [-0.3, -0.25) is 9.48 Å². The van der Waals surface area contributed by atoms with Crippen LogP contribution in [0.2, 0.25) is 0 Å². The fourth-order valence-electron chi connectivity index (χ4n) is 1.77. The molecule has 1 N–H and O–H groups in total. The molecule has 4 nitrogen and oxygen atoms in total. The summed E-state index contributed by atoms with van der Waals surface area (Å²) in [6.45, 7) is 6.93. The number of aromatic nitrogens is 2. The minimum absolute atomic E-state index is 0.0347. The third kappa shape index (κ3) is 4.12. The first kappa shape index (κ1) is 15.2. The summed E-state index contributed by atoms with van der Waals surface area (Å²) in [5, 5.41) is 8.08. The molecule has 1 aromatic heterocycles. The average molecular weight is 316 g/mol. The lowest BCUT2D eigenvalue weighted by molar-refractivity contribution is 0.0934. The van der Waals surface area contributed by atoms with Crippen LogP contribution in [0, 0.1) is 12.3 Å². The molecule has 0 aliphatic carbocycles. The Labute approximate surface area is 117 Å². The third-order valence-corrected chi connectivity index (χ3v) is 3.76. The van der Waals surface area contributed by atoms with Crippen LogP contribution in [0.5, 0.6) is 0 Å². The van der Waals surface area contributed by atoms with Gasteiger partial charge in [0.25, 0.3) is 5.91 Å². The highest BCUT2D eigenvalue weighted by Gasteiger charge is 2.20. The van der Waals surface area contributed by atoms with Gasteiger partial charge < -0.3 is 5.32 Å². The molecule has 0 aromatic carbocycles. The first-order valence-electron chi connectivity index (χ1n) is 6.20. The monoisotopic (exact) mass is 315 g/mol. The maximum absolute atomic E-state index is 12.0. The molecule has 1 rings (SSSR count). The number of hydrogen-bond donors (Lipinski definition) is 1. The molecule has 0 spiro atoms. The summed E-state index contributed by atoms with van der Waals surface area (Å²) in [7, 11) is 1.84. The molecule has 5 heteroatoms. The zero-order chi connectivity index (χ0) is 13.8. The number of aryl methyl sites for hydroxylation is 1. The molecule has 102 valence electrons. The fraction of sp³-hybridized carbons (Fsp3) is 0.692. The Kier molecular flexibility index (Phi) is 5.38. The van der Waals surface area contributed by atoms with E-state index < -0.39 is 0 Å². The van der Waals surface area contributed by atoms with E-state index in [1.54, 1.807) is 10.9 Å². The summed E-state index contributed by atoms with van der Waals surface area (Å²) in [5.41, 5.74) is 1.68. The van der Waals surface area contributed by atoms with E-state index in [4.69, 9.17) is 0 Å². The standard InChI is InChI=1S/C13H22BrN3O/c1-10-11(8-16-17(10)4)12(18)15-9-13(2,3)6-5-7-14/h8H,5-7,9H2,1-4H3,(H,15,18). The SMILES string of the molecule is Cc1c(C(=O)NCC(C)(C)CCCBr)cnn1C. The van der Waals surface area contributed by atoms with Gasteiger partial charge in [-0.05, 0) is 25.2 Å². The smallest absolute Gasteiger partial charge is 0.254 e. The largest absolute Gasteiger partial charge is 0.351 e. The molecule has 0 radical (unpaired) electrons. The number of hydrogen-bond acceptors (Lipinski definition) is 2. The average Bonchev–Trinajstić information content (AvgIpc) is 2.65. The molecule has 0 bridgehead atoms. The highest BCUT2D eigenvalue weighted by molar-refractivity contribution is 9.09. The number of carbonyl (C=O) groups is 1. The van der Waals surface area contributed by atoms with E-state index in [2.05, 4.69) is 40.2 Å². The van der Waals surface area contributed by atoms with Crippen molar-refractivity contribution in [1.82, 2.24) is 15.1 Å². The van der Waals surface area contributed by atoms with Crippen LogP contribution in [0.3, 0.4) is 0 Å². The van der Waals surface area contributed by atoms with Crippen molar-refractivity contribution >= 4 is 21.8 Å². The van der Waals surface area contributed by atoms with Gasteiger partial charge in [0.2, 0.25) is 0 Å². The molecular formula is C13H22BrN3O. The molecule has 0 saturated heterocycles. The zero-order valence-corrected chi connectivity index (χ0v) is 13.2. The van der Waals surface area contributed by atoms with Gasteiger partial charge in [-0.1, -0.05) is 29.8 Å². The first-order chi connectivity index (χ1) is 8.37. The van der Waals surface area contributed by atoms with E-state index in [1.165, 1.54) is 0 Å². The Hall–Kier alpha value is -0.840. The minimum atomic E-state index is -0.0347. The summed E-state index contributed by atoms with van der Waals surface area (Å²) < 4.78 is 1.71. The van der Waals surface area contributed by atoms with Crippen molar-refractivity contribution in [3.8, 4) is 0 Å². The van der Waals surface area contributed by atoms with Crippen LogP contribution in [0.15, 0.2) is 6.20 Å². The van der Waals surface area contributed by atoms with Crippen molar-refractivity contribution in [3.63, 3.8) is 0 Å². The molecule has 0 aliphatic heterocycles. The van der Waals surface area contributed by atoms with E-state index in [-0.39, 0.29) is 11.3 Å². The topological polar surface area (TPSA) is 46.9 Å². The van der Waals surface area contributed by atoms with Gasteiger partial charge in [0, 0.05) is 24.6 Å². The maximum atomic E-state index is 12.0. The molecule has 0 unspecified atom stereocenters. The van der Waals surface area contributed by atoms with Gasteiger partial charge in [-0.15, -0.1) is 0 Å². The van der Waals surface area contributed by atoms with E-state index in [1.807, 2.05) is 14.0 Å². The summed E-state index contributed by atoms with van der Waals surface area (Å²) in [6.07, 6.45) is 3.83. The minimum Gasteiger partial charge on any atom is -0.351 e. The number of carbonyl (C=O) groups excluding carboxylic acids is 1. The highest BCUT2D eigenvalue weighted by Crippen LogP contribution is 2.21. The molecule has 0 fully saturated rings. The number of halogens is 1. The highest BCUT2D eigenvalue weighted by atomic mass is 79.9. The Bertz CT molecular complexity index is 412. The molecule has 1 aromatic rings. The van der Waals surface area contributed by atoms with E-state index in [0.29, 0.717) is 12.1 Å². The van der Waals surface area contributed by atoms with Crippen LogP contribution >= 0.6 is 15.9 Å². The lowest BCUT2D eigenvalue weighted by Crippen LogP contribution is -2.34. The van der Waals surface area contributed by atoms with Gasteiger partial charge in [0.05, 0.1) is 11.8 Å². The van der Waals surface area contributed by atoms with E-state index in [0.717, 1.165) is 23.9 Å². The number of nitrogens with one attached hydrogen (secondary N) is 1. The molecule has 0 aliphatic rings. The van der Waals surface area contributed by atoms with Crippen LogP contribution in [0.4, 0.5) is 0 Å². The van der Waals surface area contributed by atoms with Crippen LogP contribution in [-0.4, -0.2) is 27.6 Å². The summed E-state index contributed by atoms with van der Waals surface area (Å²) >= 11 is 3.43. The molecule has 1 amide bonds. The predicted molar refractivity (Wildman–Crippen MR) is 77.1 cm³/mol. The quantitative estimate of drug-likeness (QED) is 0.820. The van der Waals surface area contributed by atoms with Gasteiger partial charge in [0.1, 0.15) is 0 Å². The third-order valence-electron chi connectivity index (χ3n) is 3.19. The second kappa shape index (κ2) is 6.36. The lowest BCUT2D eigenvalue weighted by Gasteiger charge is -2.24. The van der Waals surface area contributed by atoms with Crippen molar-refractivity contribution < 1.29 is 4.79 Å². The normalized spacial score (nSPS) is 11.6. The van der Waals surface area contributed by atoms with Crippen LogP contribution < -0.4 is 5.32 Å². The molecular weight excluding hydrogens is 294 g/mol. The zero-order valence-electron chi connectivity index (χ0n) is 11.6. The van der Waals surface area contributed by atoms with Crippen molar-refractivity contribution in [2.75, 3.05) is 11.9 Å². The number of alkyl halides is 1. The first-order valence-corrected chi connectivity index (χ1v) is 7.32. The van der Waals surface area contributed by atoms with Crippen molar-refractivity contribution in [3.05, 3.63) is 17.5 Å². The second-order valence-corrected chi connectivity index (χ2v) is 6.20. The number of nitrogens with zero attached hydrogens (tertiary/aromatic N) is 2. The number of amides is 1. The van der Waals surface area contributed by atoms with Gasteiger partial charge in [-0.2, -0.15) is 5.10 Å². The summed E-state index contributed by atoms with van der Waals surface area (Å²) in [5.74, 6) is -0.0347. The van der Waals surface area contributed by atoms with Crippen LogP contribution in [0.1, 0.15) is 42.7 Å². The lowest BCUT2D eigenvalue weighted by atomic mass is 9.88. The van der Waals surface area contributed by atoms with Gasteiger partial charge in [-0.25, -0.2) is 0 Å². The van der Waals surface area contributed by atoms with Crippen molar-refractivity contribution in [1.29, 1.82) is 0 Å². The molecule has 0 atom stereocenters. The molecule has 0 saturated carbocycles. The van der Waals surface area contributed by atoms with Gasteiger partial charge in [0.15, 0.2) is 0 Å². The summed E-state index contributed by atoms with van der Waals surface area (Å²) in [4.78, 5) is 12.0. The van der Waals surface area contributed by atoms with E-state index in [9.17, 15) is 4.79 Å². The van der Waals surface area contributed by atoms with Crippen molar-refractivity contribution in [2.45, 2.75) is 33.6 Å². The van der Waals surface area contributed by atoms with Gasteiger partial charge >= 0.3 is 0 Å². The maximum Gasteiger partial charge on any atom is 0.254 e. The van der Waals surface area contributed by atoms with Crippen molar-refractivity contribution in [2.24, 2.45) is 12.5 Å². The Morgan fingerprint density at radius 3 is 2.72 bits per heavy atom. The van der Waals surface area contributed by atoms with E-state index >= 15 is 0 Å². The Morgan fingerprint density at radius 1 is 1.56 bits per heavy atom. The fourth-order valence-corrected chi connectivity index (χ4v) is 2.05.